The molecule has 0 bridgehead atoms. The number of nitrogens with one attached hydrogen (secondary N) is 1. The van der Waals surface area contributed by atoms with E-state index in [0.717, 1.165) is 5.75 Å². The summed E-state index contributed by atoms with van der Waals surface area (Å²) >= 11 is 1.73. The smallest absolute Gasteiger partial charge is 0.340 e. The molecule has 1 atom stereocenters. The van der Waals surface area contributed by atoms with E-state index in [1.165, 1.54) is 0 Å². The molecule has 6 heteroatoms. The number of pyridine rings is 1. The number of hydrogen-bond donors (Lipinski definition) is 2. The molecule has 0 saturated carbocycles. The molecule has 0 aliphatic rings. The Morgan fingerprint density at radius 3 is 3.00 bits per heavy atom. The van der Waals surface area contributed by atoms with Crippen molar-refractivity contribution in [1.82, 2.24) is 4.98 Å². The van der Waals surface area contributed by atoms with Crippen LogP contribution < -0.4 is 11.1 Å². The number of thioether (sulfide) groups is 1. The van der Waals surface area contributed by atoms with Gasteiger partial charge in [0.1, 0.15) is 5.82 Å². The molecule has 0 amide bonds. The van der Waals surface area contributed by atoms with Crippen LogP contribution in [0.5, 0.6) is 0 Å². The van der Waals surface area contributed by atoms with Gasteiger partial charge in [-0.2, -0.15) is 11.8 Å². The Morgan fingerprint density at radius 1 is 1.67 bits per heavy atom. The molecule has 1 rings (SSSR count). The van der Waals surface area contributed by atoms with Crippen molar-refractivity contribution in [2.45, 2.75) is 19.9 Å². The molecule has 18 heavy (non-hydrogen) atoms. The lowest BCUT2D eigenvalue weighted by Gasteiger charge is -2.16. The minimum absolute atomic E-state index is 0.229. The van der Waals surface area contributed by atoms with Crippen LogP contribution in [0.25, 0.3) is 0 Å². The summed E-state index contributed by atoms with van der Waals surface area (Å²) in [5, 5.41) is 3.18. The minimum Gasteiger partial charge on any atom is -0.462 e. The van der Waals surface area contributed by atoms with Crippen molar-refractivity contribution in [1.29, 1.82) is 0 Å². The highest BCUT2D eigenvalue weighted by Crippen LogP contribution is 2.21. The molecule has 0 aliphatic carbocycles. The van der Waals surface area contributed by atoms with E-state index in [1.54, 1.807) is 30.9 Å². The highest BCUT2D eigenvalue weighted by atomic mass is 32.2. The summed E-state index contributed by atoms with van der Waals surface area (Å²) in [6.07, 6.45) is 3.58. The summed E-state index contributed by atoms with van der Waals surface area (Å²) < 4.78 is 4.94. The Labute approximate surface area is 111 Å². The molecule has 5 nitrogen and oxygen atoms in total. The van der Waals surface area contributed by atoms with Crippen LogP contribution >= 0.6 is 11.8 Å². The molecule has 0 fully saturated rings. The summed E-state index contributed by atoms with van der Waals surface area (Å²) in [7, 11) is 0. The van der Waals surface area contributed by atoms with E-state index in [9.17, 15) is 4.79 Å². The molecule has 0 aromatic carbocycles. The van der Waals surface area contributed by atoms with E-state index in [-0.39, 0.29) is 6.04 Å². The standard InChI is InChI=1S/C12H19N3O2S/c1-4-17-12(16)9-5-6-14-11(10(9)13)15-8(2)7-18-3/h5-6,8H,4,7,13H2,1-3H3,(H,14,15). The van der Waals surface area contributed by atoms with Gasteiger partial charge in [-0.3, -0.25) is 0 Å². The maximum atomic E-state index is 11.7. The zero-order chi connectivity index (χ0) is 13.5. The molecule has 0 radical (unpaired) electrons. The first-order valence-electron chi connectivity index (χ1n) is 5.77. The first kappa shape index (κ1) is 14.6. The summed E-state index contributed by atoms with van der Waals surface area (Å²) in [6.45, 7) is 4.12. The number of carbonyl (C=O) groups excluding carboxylic acids is 1. The fourth-order valence-corrected chi connectivity index (χ4v) is 2.08. The van der Waals surface area contributed by atoms with Gasteiger partial charge in [0.25, 0.3) is 0 Å². The molecule has 1 unspecified atom stereocenters. The van der Waals surface area contributed by atoms with Crippen LogP contribution in [-0.4, -0.2) is 35.6 Å². The van der Waals surface area contributed by atoms with Gasteiger partial charge in [-0.05, 0) is 26.2 Å². The minimum atomic E-state index is -0.419. The van der Waals surface area contributed by atoms with Gasteiger partial charge in [0, 0.05) is 18.0 Å². The van der Waals surface area contributed by atoms with Crippen LogP contribution in [0.1, 0.15) is 24.2 Å². The molecule has 0 aliphatic heterocycles. The maximum Gasteiger partial charge on any atom is 0.340 e. The van der Waals surface area contributed by atoms with Crippen molar-refractivity contribution in [3.05, 3.63) is 17.8 Å². The number of nitrogens with two attached hydrogens (primary N) is 1. The van der Waals surface area contributed by atoms with Crippen molar-refractivity contribution in [2.75, 3.05) is 29.7 Å². The molecule has 3 N–H and O–H groups in total. The lowest BCUT2D eigenvalue weighted by atomic mass is 10.2. The van der Waals surface area contributed by atoms with Gasteiger partial charge in [-0.15, -0.1) is 0 Å². The number of aromatic nitrogens is 1. The van der Waals surface area contributed by atoms with E-state index < -0.39 is 5.97 Å². The average molecular weight is 269 g/mol. The second-order valence-corrected chi connectivity index (χ2v) is 4.75. The van der Waals surface area contributed by atoms with Crippen LogP contribution in [0.15, 0.2) is 12.3 Å². The quantitative estimate of drug-likeness (QED) is 0.769. The monoisotopic (exact) mass is 269 g/mol. The third-order valence-corrected chi connectivity index (χ3v) is 3.12. The lowest BCUT2D eigenvalue weighted by molar-refractivity contribution is 0.0527. The van der Waals surface area contributed by atoms with Gasteiger partial charge in [0.2, 0.25) is 0 Å². The van der Waals surface area contributed by atoms with Gasteiger partial charge in [-0.1, -0.05) is 0 Å². The average Bonchev–Trinajstić information content (AvgIpc) is 2.32. The van der Waals surface area contributed by atoms with Crippen molar-refractivity contribution in [2.24, 2.45) is 0 Å². The molecular formula is C12H19N3O2S. The first-order valence-corrected chi connectivity index (χ1v) is 7.16. The van der Waals surface area contributed by atoms with Crippen LogP contribution in [0, 0.1) is 0 Å². The molecular weight excluding hydrogens is 250 g/mol. The maximum absolute atomic E-state index is 11.7. The van der Waals surface area contributed by atoms with E-state index in [0.29, 0.717) is 23.7 Å². The summed E-state index contributed by atoms with van der Waals surface area (Å²) in [5.41, 5.74) is 6.62. The third kappa shape index (κ3) is 3.80. The molecule has 100 valence electrons. The highest BCUT2D eigenvalue weighted by molar-refractivity contribution is 7.98. The number of nitrogen functional groups attached to an aromatic ring is 1. The fourth-order valence-electron chi connectivity index (χ4n) is 1.50. The topological polar surface area (TPSA) is 77.2 Å². The van der Waals surface area contributed by atoms with Gasteiger partial charge < -0.3 is 15.8 Å². The SMILES string of the molecule is CCOC(=O)c1ccnc(NC(C)CSC)c1N. The van der Waals surface area contributed by atoms with Crippen LogP contribution in [-0.2, 0) is 4.74 Å². The Balaban J connectivity index is 2.88. The molecule has 1 aromatic rings. The zero-order valence-electron chi connectivity index (χ0n) is 10.9. The summed E-state index contributed by atoms with van der Waals surface area (Å²) in [6, 6.07) is 1.80. The van der Waals surface area contributed by atoms with E-state index in [4.69, 9.17) is 10.5 Å². The predicted molar refractivity (Wildman–Crippen MR) is 76.1 cm³/mol. The first-order chi connectivity index (χ1) is 8.60. The third-order valence-electron chi connectivity index (χ3n) is 2.29. The van der Waals surface area contributed by atoms with Crippen molar-refractivity contribution < 1.29 is 9.53 Å². The van der Waals surface area contributed by atoms with Gasteiger partial charge in [0.05, 0.1) is 17.9 Å². The summed E-state index contributed by atoms with van der Waals surface area (Å²) in [5.74, 6) is 1.05. The zero-order valence-corrected chi connectivity index (χ0v) is 11.7. The van der Waals surface area contributed by atoms with E-state index in [2.05, 4.69) is 10.3 Å². The highest BCUT2D eigenvalue weighted by Gasteiger charge is 2.15. The lowest BCUT2D eigenvalue weighted by Crippen LogP contribution is -2.20. The van der Waals surface area contributed by atoms with Gasteiger partial charge in [0.15, 0.2) is 0 Å². The van der Waals surface area contributed by atoms with Crippen LogP contribution in [0.4, 0.5) is 11.5 Å². The Bertz CT molecular complexity index is 412. The van der Waals surface area contributed by atoms with Crippen molar-refractivity contribution in [3.63, 3.8) is 0 Å². The molecule has 1 heterocycles. The summed E-state index contributed by atoms with van der Waals surface area (Å²) in [4.78, 5) is 15.8. The molecule has 1 aromatic heterocycles. The van der Waals surface area contributed by atoms with Crippen LogP contribution in [0.2, 0.25) is 0 Å². The van der Waals surface area contributed by atoms with E-state index in [1.807, 2.05) is 13.2 Å². The number of ether oxygens (including phenoxy) is 1. The number of nitrogens with zero attached hydrogens (tertiary/aromatic N) is 1. The fraction of sp³-hybridized carbons (Fsp3) is 0.500. The number of anilines is 2. The van der Waals surface area contributed by atoms with E-state index >= 15 is 0 Å². The second-order valence-electron chi connectivity index (χ2n) is 3.84. The Hall–Kier alpha value is -1.43. The predicted octanol–water partition coefficient (Wildman–Crippen LogP) is 2.00. The van der Waals surface area contributed by atoms with Crippen LogP contribution in [0.3, 0.4) is 0 Å². The Kier molecular flexibility index (Phi) is 5.77. The molecule has 0 spiro atoms. The normalized spacial score (nSPS) is 11.9. The second kappa shape index (κ2) is 7.10. The van der Waals surface area contributed by atoms with Crippen molar-refractivity contribution in [3.8, 4) is 0 Å². The number of hydrogen-bond acceptors (Lipinski definition) is 6. The molecule has 0 saturated heterocycles. The Morgan fingerprint density at radius 2 is 2.39 bits per heavy atom. The largest absolute Gasteiger partial charge is 0.462 e. The number of carbonyl (C=O) groups is 1. The van der Waals surface area contributed by atoms with Gasteiger partial charge >= 0.3 is 5.97 Å². The number of rotatable bonds is 6. The van der Waals surface area contributed by atoms with Gasteiger partial charge in [-0.25, -0.2) is 9.78 Å². The number of esters is 1. The van der Waals surface area contributed by atoms with Crippen molar-refractivity contribution >= 4 is 29.2 Å².